The van der Waals surface area contributed by atoms with Gasteiger partial charge in [0.25, 0.3) is 0 Å². The number of thiocyanates is 1. The first-order valence-corrected chi connectivity index (χ1v) is 1.76. The summed E-state index contributed by atoms with van der Waals surface area (Å²) in [6, 6.07) is 0. The van der Waals surface area contributed by atoms with Crippen molar-refractivity contribution in [2.24, 2.45) is 0 Å². The van der Waals surface area contributed by atoms with Crippen molar-refractivity contribution in [3.63, 3.8) is 0 Å². The standard InChI is InChI=1S/2CHNS.Co.5H2N/c2*2-1-3;;;;;;/h3H;2H;;5*1H2/q;;+3;5*-1. The van der Waals surface area contributed by atoms with Crippen LogP contribution in [0.4, 0.5) is 0 Å². The molecule has 10 heteroatoms. The van der Waals surface area contributed by atoms with E-state index in [2.05, 4.69) is 24.8 Å². The van der Waals surface area contributed by atoms with Crippen molar-refractivity contribution in [1.29, 1.82) is 10.7 Å². The zero-order valence-corrected chi connectivity index (χ0v) is 8.77. The van der Waals surface area contributed by atoms with Crippen molar-refractivity contribution < 1.29 is 16.8 Å². The summed E-state index contributed by atoms with van der Waals surface area (Å²) in [4.78, 5) is 0. The number of thiol groups is 1. The number of thiocarbonyl (C=S) groups is 1. The Labute approximate surface area is 93.7 Å². The molecule has 0 unspecified atom stereocenters. The summed E-state index contributed by atoms with van der Waals surface area (Å²) in [6.45, 7) is 0. The molecule has 0 aromatic carbocycles. The van der Waals surface area contributed by atoms with Crippen LogP contribution in [0.2, 0.25) is 0 Å². The molecule has 78 valence electrons. The van der Waals surface area contributed by atoms with Gasteiger partial charge in [0.1, 0.15) is 5.40 Å². The SMILES string of the molecule is N#CS.N=C=S.[Co+3].[NH2-].[NH2-].[NH2-].[NH2-].[NH2-]. The second kappa shape index (κ2) is 286. The van der Waals surface area contributed by atoms with Gasteiger partial charge < -0.3 is 30.8 Å². The number of isothiocyanates is 1. The fourth-order valence-electron chi connectivity index (χ4n) is 0. The topological polar surface area (TPSA) is 215 Å². The maximum atomic E-state index is 7.18. The van der Waals surface area contributed by atoms with Crippen molar-refractivity contribution in [3.8, 4) is 5.40 Å². The monoisotopic (exact) mass is 257 g/mol. The normalized spacial score (nSPS) is 1.33. The summed E-state index contributed by atoms with van der Waals surface area (Å²) in [5, 5.41) is 16.0. The van der Waals surface area contributed by atoms with E-state index < -0.39 is 0 Å². The molecule has 0 heterocycles. The zero-order chi connectivity index (χ0) is 5.41. The molecule has 0 atom stereocenters. The second-order valence-electron chi connectivity index (χ2n) is 0.202. The van der Waals surface area contributed by atoms with Gasteiger partial charge in [-0.2, -0.15) is 5.26 Å². The van der Waals surface area contributed by atoms with Crippen LogP contribution < -0.4 is 0 Å². The minimum absolute atomic E-state index is 0. The van der Waals surface area contributed by atoms with E-state index >= 15 is 0 Å². The van der Waals surface area contributed by atoms with Gasteiger partial charge in [-0.15, -0.1) is 0 Å². The first-order chi connectivity index (χ1) is 2.83. The zero-order valence-electron chi connectivity index (χ0n) is 6.02. The van der Waals surface area contributed by atoms with E-state index in [0.29, 0.717) is 0 Å². The molecule has 0 amide bonds. The quantitative estimate of drug-likeness (QED) is 0.274. The predicted molar refractivity (Wildman–Crippen MR) is 56.3 cm³/mol. The van der Waals surface area contributed by atoms with Gasteiger partial charge in [0, 0.05) is 0 Å². The Kier molecular flexibility index (Phi) is 2190. The van der Waals surface area contributed by atoms with E-state index in [9.17, 15) is 0 Å². The summed E-state index contributed by atoms with van der Waals surface area (Å²) in [5.41, 5.74) is 0. The molecule has 11 N–H and O–H groups in total. The Morgan fingerprint density at radius 1 is 1.08 bits per heavy atom. The molecule has 0 fully saturated rings. The van der Waals surface area contributed by atoms with Gasteiger partial charge in [0.2, 0.25) is 0 Å². The van der Waals surface area contributed by atoms with E-state index in [-0.39, 0.29) is 47.5 Å². The molecule has 0 radical (unpaired) electrons. The van der Waals surface area contributed by atoms with Crippen LogP contribution in [-0.2, 0) is 16.8 Å². The van der Waals surface area contributed by atoms with Crippen LogP contribution in [0.3, 0.4) is 0 Å². The maximum Gasteiger partial charge on any atom is 3.00 e. The molecule has 0 aromatic heterocycles. The Morgan fingerprint density at radius 2 is 1.08 bits per heavy atom. The number of nitriles is 1. The third kappa shape index (κ3) is 278000. The molecule has 0 bridgehead atoms. The summed E-state index contributed by atoms with van der Waals surface area (Å²) < 4.78 is 0. The van der Waals surface area contributed by atoms with Crippen LogP contribution in [-0.4, -0.2) is 5.16 Å². The van der Waals surface area contributed by atoms with Crippen molar-refractivity contribution >= 4 is 30.0 Å². The molecule has 0 aliphatic heterocycles. The van der Waals surface area contributed by atoms with Gasteiger partial charge in [-0.1, -0.05) is 12.6 Å². The van der Waals surface area contributed by atoms with Gasteiger partial charge in [0.15, 0.2) is 0 Å². The molecule has 0 rings (SSSR count). The van der Waals surface area contributed by atoms with Gasteiger partial charge >= 0.3 is 16.8 Å². The first kappa shape index (κ1) is 91.9. The number of nitrogens with two attached hydrogens (primary N) is 5. The molecular weight excluding hydrogens is 245 g/mol. The number of rotatable bonds is 0. The summed E-state index contributed by atoms with van der Waals surface area (Å²) in [5.74, 6) is 0. The van der Waals surface area contributed by atoms with Gasteiger partial charge in [0.05, 0.1) is 5.16 Å². The Balaban J connectivity index is -0.00000000296. The summed E-state index contributed by atoms with van der Waals surface area (Å²) >= 11 is 6.90. The van der Waals surface area contributed by atoms with E-state index in [0.717, 1.165) is 0 Å². The number of hydrogen-bond donors (Lipinski definition) is 2. The fourth-order valence-corrected chi connectivity index (χ4v) is 0. The van der Waals surface area contributed by atoms with Crippen LogP contribution in [0.25, 0.3) is 30.8 Å². The number of nitrogens with zero attached hydrogens (tertiary/aromatic N) is 1. The molecule has 0 saturated heterocycles. The third-order valence-corrected chi connectivity index (χ3v) is 0. The van der Waals surface area contributed by atoms with E-state index in [1.807, 2.05) is 0 Å². The molecule has 0 aromatic rings. The van der Waals surface area contributed by atoms with Crippen LogP contribution in [0.15, 0.2) is 0 Å². The number of nitrogens with one attached hydrogen (secondary N) is 1. The Morgan fingerprint density at radius 3 is 1.08 bits per heavy atom. The van der Waals surface area contributed by atoms with Crippen LogP contribution >= 0.6 is 24.8 Å². The van der Waals surface area contributed by atoms with E-state index in [1.165, 1.54) is 5.40 Å². The summed E-state index contributed by atoms with van der Waals surface area (Å²) in [6.07, 6.45) is 0. The van der Waals surface area contributed by atoms with E-state index in [1.54, 1.807) is 5.16 Å². The number of hydrogen-bond acceptors (Lipinski definition) is 4. The first-order valence-electron chi connectivity index (χ1n) is 0.901. The van der Waals surface area contributed by atoms with Gasteiger partial charge in [-0.05, 0) is 12.2 Å². The van der Waals surface area contributed by atoms with Crippen molar-refractivity contribution in [1.82, 2.24) is 0 Å². The fraction of sp³-hybridized carbons (Fsp3) is 0. The molecule has 0 spiro atoms. The molecular formula is C2H12CoN7S2-2. The average molecular weight is 257 g/mol. The Hall–Kier alpha value is -0.0535. The predicted octanol–water partition coefficient (Wildman–Crippen LogP) is 4.65. The van der Waals surface area contributed by atoms with E-state index in [4.69, 9.17) is 10.7 Å². The van der Waals surface area contributed by atoms with Crippen LogP contribution in [0.1, 0.15) is 0 Å². The minimum Gasteiger partial charge on any atom is -0.693 e. The molecule has 7 nitrogen and oxygen atoms in total. The minimum atomic E-state index is 0. The summed E-state index contributed by atoms with van der Waals surface area (Å²) in [7, 11) is 0. The molecule has 0 aliphatic carbocycles. The molecule has 0 aliphatic rings. The molecule has 0 saturated carbocycles. The van der Waals surface area contributed by atoms with Gasteiger partial charge in [-0.25, -0.2) is 5.41 Å². The maximum absolute atomic E-state index is 7.18. The Bertz CT molecular complexity index is 85.9. The molecule has 12 heavy (non-hydrogen) atoms. The van der Waals surface area contributed by atoms with Crippen molar-refractivity contribution in [2.45, 2.75) is 0 Å². The average Bonchev–Trinajstić information content (AvgIpc) is 1.39. The third-order valence-electron chi connectivity index (χ3n) is 0. The van der Waals surface area contributed by atoms with Crippen LogP contribution in [0.5, 0.6) is 0 Å². The van der Waals surface area contributed by atoms with Crippen LogP contribution in [0, 0.1) is 16.1 Å². The second-order valence-corrected chi connectivity index (χ2v) is 0.606. The van der Waals surface area contributed by atoms with Crippen molar-refractivity contribution in [3.05, 3.63) is 30.8 Å². The van der Waals surface area contributed by atoms with Gasteiger partial charge in [-0.3, -0.25) is 0 Å². The largest absolute Gasteiger partial charge is 3.00 e. The van der Waals surface area contributed by atoms with Crippen molar-refractivity contribution in [2.75, 3.05) is 0 Å². The smallest absolute Gasteiger partial charge is 0.693 e.